The Morgan fingerprint density at radius 3 is 2.42 bits per heavy atom. The average molecular weight is 471 g/mol. The first kappa shape index (κ1) is 22.9. The third-order valence-electron chi connectivity index (χ3n) is 5.86. The quantitative estimate of drug-likeness (QED) is 0.534. The Labute approximate surface area is 198 Å². The van der Waals surface area contributed by atoms with Gasteiger partial charge in [0.2, 0.25) is 11.9 Å². The zero-order valence-corrected chi connectivity index (χ0v) is 19.4. The molecule has 1 N–H and O–H groups in total. The number of benzene rings is 2. The molecule has 2 aliphatic rings. The van der Waals surface area contributed by atoms with E-state index in [9.17, 15) is 9.59 Å². The third kappa shape index (κ3) is 4.90. The van der Waals surface area contributed by atoms with Gasteiger partial charge < -0.3 is 19.3 Å². The zero-order valence-electron chi connectivity index (χ0n) is 18.7. The van der Waals surface area contributed by atoms with Crippen LogP contribution in [0.25, 0.3) is 0 Å². The molecule has 0 radical (unpaired) electrons. The van der Waals surface area contributed by atoms with Crippen molar-refractivity contribution in [2.45, 2.75) is 13.0 Å². The average Bonchev–Trinajstić information content (AvgIpc) is 2.84. The maximum atomic E-state index is 13.1. The van der Waals surface area contributed by atoms with Crippen LogP contribution in [0.1, 0.15) is 18.5 Å². The summed E-state index contributed by atoms with van der Waals surface area (Å²) in [6, 6.07) is 14.3. The zero-order chi connectivity index (χ0) is 23.4. The van der Waals surface area contributed by atoms with Crippen LogP contribution < -0.4 is 15.0 Å². The number of carbonyl (C=O) groups excluding carboxylic acids is 2. The Morgan fingerprint density at radius 2 is 1.76 bits per heavy atom. The molecule has 2 aliphatic heterocycles. The van der Waals surface area contributed by atoms with Gasteiger partial charge in [-0.2, -0.15) is 0 Å². The molecule has 0 saturated carbocycles. The van der Waals surface area contributed by atoms with Crippen molar-refractivity contribution in [3.8, 4) is 5.75 Å². The number of carbonyl (C=O) groups is 2. The number of amides is 1. The Hall–Kier alpha value is -3.26. The van der Waals surface area contributed by atoms with Gasteiger partial charge in [-0.05, 0) is 37.3 Å². The van der Waals surface area contributed by atoms with Gasteiger partial charge in [-0.15, -0.1) is 0 Å². The molecule has 0 bridgehead atoms. The number of aliphatic imine (C=N–C) groups is 1. The summed E-state index contributed by atoms with van der Waals surface area (Å²) in [6.07, 6.45) is 0. The fraction of sp³-hybridized carbons (Fsp3) is 0.375. The highest BCUT2D eigenvalue weighted by molar-refractivity contribution is 6.30. The van der Waals surface area contributed by atoms with E-state index in [2.05, 4.69) is 10.2 Å². The second kappa shape index (κ2) is 10.1. The highest BCUT2D eigenvalue weighted by atomic mass is 35.5. The van der Waals surface area contributed by atoms with E-state index in [0.29, 0.717) is 35.4 Å². The van der Waals surface area contributed by atoms with E-state index in [1.54, 1.807) is 20.1 Å². The second-order valence-electron chi connectivity index (χ2n) is 7.81. The second-order valence-corrected chi connectivity index (χ2v) is 8.25. The molecule has 1 amide bonds. The molecule has 2 aromatic rings. The van der Waals surface area contributed by atoms with Crippen LogP contribution in [0, 0.1) is 5.92 Å². The largest absolute Gasteiger partial charge is 0.496 e. The van der Waals surface area contributed by atoms with Gasteiger partial charge in [0, 0.05) is 42.5 Å². The molecule has 0 spiro atoms. The van der Waals surface area contributed by atoms with E-state index < -0.39 is 23.8 Å². The van der Waals surface area contributed by atoms with Gasteiger partial charge in [0.25, 0.3) is 0 Å². The lowest BCUT2D eigenvalue weighted by Crippen LogP contribution is -2.57. The molecule has 2 atom stereocenters. The molecule has 4 rings (SSSR count). The number of rotatable bonds is 5. The summed E-state index contributed by atoms with van der Waals surface area (Å²) in [7, 11) is 1.56. The van der Waals surface area contributed by atoms with Gasteiger partial charge >= 0.3 is 5.97 Å². The summed E-state index contributed by atoms with van der Waals surface area (Å²) < 4.78 is 10.7. The van der Waals surface area contributed by atoms with E-state index in [0.717, 1.165) is 18.8 Å². The standard InChI is InChI=1S/C24H27ClN4O4/c1-3-33-23(31)20-21(18-6-4-5-7-19(18)32-2)26-24(27-22(20)30)29-14-12-28(13-15-29)17-10-8-16(25)9-11-17/h4-11,20-21H,3,12-15H2,1-2H3,(H,26,27,30)/t20-,21-/m0/s1. The maximum Gasteiger partial charge on any atom is 0.321 e. The van der Waals surface area contributed by atoms with Crippen LogP contribution in [-0.2, 0) is 14.3 Å². The van der Waals surface area contributed by atoms with Gasteiger partial charge in [0.05, 0.1) is 13.7 Å². The van der Waals surface area contributed by atoms with Gasteiger partial charge in [0.15, 0.2) is 5.92 Å². The van der Waals surface area contributed by atoms with Gasteiger partial charge in [-0.3, -0.25) is 14.9 Å². The molecule has 9 heteroatoms. The first-order valence-electron chi connectivity index (χ1n) is 11.0. The van der Waals surface area contributed by atoms with Crippen molar-refractivity contribution in [2.75, 3.05) is 44.8 Å². The summed E-state index contributed by atoms with van der Waals surface area (Å²) in [6.45, 7) is 4.76. The summed E-state index contributed by atoms with van der Waals surface area (Å²) in [5.74, 6) is -1.06. The molecular formula is C24H27ClN4O4. The van der Waals surface area contributed by atoms with E-state index >= 15 is 0 Å². The number of anilines is 1. The lowest BCUT2D eigenvalue weighted by atomic mass is 9.90. The monoisotopic (exact) mass is 470 g/mol. The lowest BCUT2D eigenvalue weighted by Gasteiger charge is -2.39. The van der Waals surface area contributed by atoms with Crippen molar-refractivity contribution < 1.29 is 19.1 Å². The first-order chi connectivity index (χ1) is 16.0. The number of guanidine groups is 1. The predicted molar refractivity (Wildman–Crippen MR) is 127 cm³/mol. The number of piperazine rings is 1. The molecule has 1 fully saturated rings. The Balaban J connectivity index is 1.59. The molecule has 174 valence electrons. The van der Waals surface area contributed by atoms with Crippen LogP contribution in [0.5, 0.6) is 5.75 Å². The van der Waals surface area contributed by atoms with E-state index in [1.807, 2.05) is 47.4 Å². The molecule has 1 saturated heterocycles. The van der Waals surface area contributed by atoms with E-state index in [-0.39, 0.29) is 6.61 Å². The number of esters is 1. The van der Waals surface area contributed by atoms with Crippen LogP contribution >= 0.6 is 11.6 Å². The molecule has 33 heavy (non-hydrogen) atoms. The predicted octanol–water partition coefficient (Wildman–Crippen LogP) is 2.88. The summed E-state index contributed by atoms with van der Waals surface area (Å²) in [5.41, 5.74) is 1.77. The van der Waals surface area contributed by atoms with Crippen LogP contribution in [0.15, 0.2) is 53.5 Å². The van der Waals surface area contributed by atoms with Crippen molar-refractivity contribution in [3.05, 3.63) is 59.1 Å². The Bertz CT molecular complexity index is 1040. The van der Waals surface area contributed by atoms with Crippen LogP contribution in [-0.4, -0.2) is 62.6 Å². The molecular weight excluding hydrogens is 444 g/mol. The number of halogens is 1. The number of methoxy groups -OCH3 is 1. The lowest BCUT2D eigenvalue weighted by molar-refractivity contribution is -0.153. The minimum absolute atomic E-state index is 0.185. The van der Waals surface area contributed by atoms with Crippen molar-refractivity contribution >= 4 is 35.1 Å². The fourth-order valence-electron chi connectivity index (χ4n) is 4.19. The van der Waals surface area contributed by atoms with Crippen LogP contribution in [0.3, 0.4) is 0 Å². The van der Waals surface area contributed by atoms with Crippen molar-refractivity contribution in [3.63, 3.8) is 0 Å². The van der Waals surface area contributed by atoms with Crippen molar-refractivity contribution in [1.29, 1.82) is 0 Å². The normalized spacial score (nSPS) is 20.7. The SMILES string of the molecule is CCOC(=O)[C@@H]1C(=O)NC(N2CCN(c3ccc(Cl)cc3)CC2)=N[C@H]1c1ccccc1OC. The van der Waals surface area contributed by atoms with Crippen molar-refractivity contribution in [1.82, 2.24) is 10.2 Å². The van der Waals surface area contributed by atoms with E-state index in [4.69, 9.17) is 26.1 Å². The highest BCUT2D eigenvalue weighted by Gasteiger charge is 2.43. The van der Waals surface area contributed by atoms with Crippen LogP contribution in [0.2, 0.25) is 5.02 Å². The summed E-state index contributed by atoms with van der Waals surface area (Å²) in [5, 5.41) is 3.54. The number of para-hydroxylation sites is 1. The number of ether oxygens (including phenoxy) is 2. The fourth-order valence-corrected chi connectivity index (χ4v) is 4.31. The van der Waals surface area contributed by atoms with Gasteiger partial charge in [0.1, 0.15) is 11.8 Å². The minimum Gasteiger partial charge on any atom is -0.496 e. The molecule has 2 heterocycles. The summed E-state index contributed by atoms with van der Waals surface area (Å²) in [4.78, 5) is 34.9. The molecule has 2 aromatic carbocycles. The molecule has 8 nitrogen and oxygen atoms in total. The first-order valence-corrected chi connectivity index (χ1v) is 11.3. The Kier molecular flexibility index (Phi) is 7.03. The molecule has 0 aliphatic carbocycles. The number of hydrogen-bond acceptors (Lipinski definition) is 7. The maximum absolute atomic E-state index is 13.1. The number of nitrogens with zero attached hydrogens (tertiary/aromatic N) is 3. The van der Waals surface area contributed by atoms with Gasteiger partial charge in [-0.1, -0.05) is 29.8 Å². The summed E-state index contributed by atoms with van der Waals surface area (Å²) >= 11 is 6.00. The number of hydrogen-bond donors (Lipinski definition) is 1. The third-order valence-corrected chi connectivity index (χ3v) is 6.12. The van der Waals surface area contributed by atoms with Crippen molar-refractivity contribution in [2.24, 2.45) is 10.9 Å². The smallest absolute Gasteiger partial charge is 0.321 e. The topological polar surface area (TPSA) is 83.5 Å². The van der Waals surface area contributed by atoms with Crippen LogP contribution in [0.4, 0.5) is 5.69 Å². The van der Waals surface area contributed by atoms with E-state index in [1.165, 1.54) is 0 Å². The highest BCUT2D eigenvalue weighted by Crippen LogP contribution is 2.36. The molecule has 0 unspecified atom stereocenters. The Morgan fingerprint density at radius 1 is 1.09 bits per heavy atom. The molecule has 0 aromatic heterocycles. The minimum atomic E-state index is -1.08. The van der Waals surface area contributed by atoms with Gasteiger partial charge in [-0.25, -0.2) is 4.99 Å². The number of nitrogens with one attached hydrogen (secondary N) is 1.